The number of H-pyrrole nitrogens is 1. The predicted octanol–water partition coefficient (Wildman–Crippen LogP) is 2.66. The molecule has 0 saturated heterocycles. The Morgan fingerprint density at radius 1 is 1.50 bits per heavy atom. The van der Waals surface area contributed by atoms with Crippen LogP contribution >= 0.6 is 11.6 Å². The van der Waals surface area contributed by atoms with Crippen LogP contribution in [-0.2, 0) is 0 Å². The Bertz CT molecular complexity index is 557. The summed E-state index contributed by atoms with van der Waals surface area (Å²) in [4.78, 5) is 14.9. The first kappa shape index (κ1) is 11.2. The Kier molecular flexibility index (Phi) is 2.74. The topological polar surface area (TPSA) is 58.9 Å². The van der Waals surface area contributed by atoms with Gasteiger partial charge in [0.25, 0.3) is 0 Å². The van der Waals surface area contributed by atoms with Crippen molar-refractivity contribution in [1.29, 1.82) is 0 Å². The second-order valence-electron chi connectivity index (χ2n) is 3.97. The average Bonchev–Trinajstić information content (AvgIpc) is 2.66. The van der Waals surface area contributed by atoms with Crippen LogP contribution in [0.1, 0.15) is 22.8 Å². The number of hydrogen-bond donors (Lipinski definition) is 2. The van der Waals surface area contributed by atoms with Crippen molar-refractivity contribution in [2.45, 2.75) is 19.9 Å². The number of aryl methyl sites for hydroxylation is 1. The number of carbonyl (C=O) groups excluding carboxylic acids is 1. The zero-order valence-electron chi connectivity index (χ0n) is 9.17. The maximum absolute atomic E-state index is 11.9. The highest BCUT2D eigenvalue weighted by Crippen LogP contribution is 2.30. The monoisotopic (exact) mass is 236 g/mol. The third kappa shape index (κ3) is 1.62. The van der Waals surface area contributed by atoms with E-state index in [1.165, 1.54) is 0 Å². The van der Waals surface area contributed by atoms with E-state index in [4.69, 9.17) is 17.3 Å². The summed E-state index contributed by atoms with van der Waals surface area (Å²) in [5, 5.41) is 1.38. The molecular formula is C12H13ClN2O. The van der Waals surface area contributed by atoms with Crippen molar-refractivity contribution in [1.82, 2.24) is 4.98 Å². The first-order valence-electron chi connectivity index (χ1n) is 5.08. The number of ketones is 1. The van der Waals surface area contributed by atoms with Gasteiger partial charge in [-0.3, -0.25) is 4.79 Å². The highest BCUT2D eigenvalue weighted by atomic mass is 35.5. The molecule has 2 aromatic rings. The first-order valence-corrected chi connectivity index (χ1v) is 5.46. The lowest BCUT2D eigenvalue weighted by Gasteiger charge is -2.05. The molecule has 0 amide bonds. The van der Waals surface area contributed by atoms with Crippen LogP contribution in [-0.4, -0.2) is 16.8 Å². The molecule has 16 heavy (non-hydrogen) atoms. The lowest BCUT2D eigenvalue weighted by atomic mass is 10.0. The quantitative estimate of drug-likeness (QED) is 0.788. The molecular weight excluding hydrogens is 224 g/mol. The van der Waals surface area contributed by atoms with E-state index in [1.54, 1.807) is 13.1 Å². The van der Waals surface area contributed by atoms with Crippen molar-refractivity contribution in [2.75, 3.05) is 0 Å². The zero-order valence-corrected chi connectivity index (χ0v) is 9.93. The summed E-state index contributed by atoms with van der Waals surface area (Å²) in [6.45, 7) is 3.58. The molecule has 1 heterocycles. The molecule has 0 saturated carbocycles. The lowest BCUT2D eigenvalue weighted by molar-refractivity contribution is 0.0969. The molecule has 0 bridgehead atoms. The molecule has 0 aliphatic heterocycles. The van der Waals surface area contributed by atoms with Crippen molar-refractivity contribution < 1.29 is 4.79 Å². The van der Waals surface area contributed by atoms with Gasteiger partial charge in [0.15, 0.2) is 5.78 Å². The van der Waals surface area contributed by atoms with Crippen LogP contribution in [0.4, 0.5) is 0 Å². The maximum Gasteiger partial charge on any atom is 0.181 e. The number of nitrogens with one attached hydrogen (secondary N) is 1. The molecule has 0 spiro atoms. The predicted molar refractivity (Wildman–Crippen MR) is 66.0 cm³/mol. The number of nitrogens with two attached hydrogens (primary N) is 1. The first-order chi connectivity index (χ1) is 7.52. The number of halogens is 1. The van der Waals surface area contributed by atoms with Crippen LogP contribution in [0.5, 0.6) is 0 Å². The lowest BCUT2D eigenvalue weighted by Crippen LogP contribution is -2.26. The fourth-order valence-corrected chi connectivity index (χ4v) is 1.99. The number of rotatable bonds is 2. The number of carbonyl (C=O) groups is 1. The van der Waals surface area contributed by atoms with Gasteiger partial charge in [-0.05, 0) is 25.5 Å². The number of aromatic amines is 1. The maximum atomic E-state index is 11.9. The van der Waals surface area contributed by atoms with Crippen molar-refractivity contribution in [3.63, 3.8) is 0 Å². The summed E-state index contributed by atoms with van der Waals surface area (Å²) in [5.74, 6) is -0.0984. The molecule has 0 radical (unpaired) electrons. The van der Waals surface area contributed by atoms with Gasteiger partial charge in [-0.1, -0.05) is 17.7 Å². The van der Waals surface area contributed by atoms with Crippen LogP contribution in [0.2, 0.25) is 5.02 Å². The molecule has 1 unspecified atom stereocenters. The van der Waals surface area contributed by atoms with Gasteiger partial charge < -0.3 is 10.7 Å². The molecule has 4 heteroatoms. The van der Waals surface area contributed by atoms with Crippen LogP contribution in [0, 0.1) is 6.92 Å². The molecule has 0 fully saturated rings. The SMILES string of the molecule is Cc1ccc2[nH]cc(C(=O)C(C)N)c2c1Cl. The fraction of sp³-hybridized carbons (Fsp3) is 0.250. The molecule has 1 atom stereocenters. The van der Waals surface area contributed by atoms with Crippen LogP contribution in [0.25, 0.3) is 10.9 Å². The molecule has 2 rings (SSSR count). The van der Waals surface area contributed by atoms with Crippen molar-refractivity contribution in [3.05, 3.63) is 34.5 Å². The molecule has 84 valence electrons. The number of benzene rings is 1. The summed E-state index contributed by atoms with van der Waals surface area (Å²) in [6, 6.07) is 3.31. The van der Waals surface area contributed by atoms with Crippen LogP contribution in [0.15, 0.2) is 18.3 Å². The minimum atomic E-state index is -0.518. The van der Waals surface area contributed by atoms with Gasteiger partial charge in [0.05, 0.1) is 11.1 Å². The summed E-state index contributed by atoms with van der Waals surface area (Å²) in [7, 11) is 0. The zero-order chi connectivity index (χ0) is 11.9. The second kappa shape index (κ2) is 3.92. The fourth-order valence-electron chi connectivity index (χ4n) is 1.73. The minimum absolute atomic E-state index is 0.0984. The highest BCUT2D eigenvalue weighted by molar-refractivity contribution is 6.37. The van der Waals surface area contributed by atoms with Gasteiger partial charge in [-0.15, -0.1) is 0 Å². The molecule has 3 N–H and O–H groups in total. The van der Waals surface area contributed by atoms with Crippen molar-refractivity contribution >= 4 is 28.3 Å². The number of fused-ring (bicyclic) bond motifs is 1. The molecule has 0 aliphatic carbocycles. The Morgan fingerprint density at radius 2 is 2.19 bits per heavy atom. The van der Waals surface area contributed by atoms with Crippen molar-refractivity contribution in [2.24, 2.45) is 5.73 Å². The van der Waals surface area contributed by atoms with Crippen molar-refractivity contribution in [3.8, 4) is 0 Å². The largest absolute Gasteiger partial charge is 0.360 e. The minimum Gasteiger partial charge on any atom is -0.360 e. The highest BCUT2D eigenvalue weighted by Gasteiger charge is 2.18. The van der Waals surface area contributed by atoms with Gasteiger partial charge in [0.1, 0.15) is 0 Å². The Labute approximate surface area is 98.6 Å². The number of aromatic nitrogens is 1. The summed E-state index contributed by atoms with van der Waals surface area (Å²) >= 11 is 6.21. The second-order valence-corrected chi connectivity index (χ2v) is 4.35. The normalized spacial score (nSPS) is 13.0. The van der Waals surface area contributed by atoms with E-state index in [0.29, 0.717) is 10.6 Å². The molecule has 1 aromatic heterocycles. The van der Waals surface area contributed by atoms with Gasteiger partial charge >= 0.3 is 0 Å². The number of Topliss-reactive ketones (excluding diaryl/α,β-unsaturated/α-hetero) is 1. The summed E-state index contributed by atoms with van der Waals surface area (Å²) in [6.07, 6.45) is 1.67. The van der Waals surface area contributed by atoms with Gasteiger partial charge in [-0.2, -0.15) is 0 Å². The smallest absolute Gasteiger partial charge is 0.181 e. The summed E-state index contributed by atoms with van der Waals surface area (Å²) in [5.41, 5.74) is 7.98. The third-order valence-electron chi connectivity index (χ3n) is 2.66. The van der Waals surface area contributed by atoms with E-state index >= 15 is 0 Å². The van der Waals surface area contributed by atoms with Gasteiger partial charge in [-0.25, -0.2) is 0 Å². The van der Waals surface area contributed by atoms with E-state index in [2.05, 4.69) is 4.98 Å². The van der Waals surface area contributed by atoms with E-state index < -0.39 is 6.04 Å². The van der Waals surface area contributed by atoms with E-state index in [0.717, 1.165) is 16.5 Å². The third-order valence-corrected chi connectivity index (χ3v) is 3.14. The number of hydrogen-bond acceptors (Lipinski definition) is 2. The van der Waals surface area contributed by atoms with Gasteiger partial charge in [0.2, 0.25) is 0 Å². The average molecular weight is 237 g/mol. The van der Waals surface area contributed by atoms with E-state index in [-0.39, 0.29) is 5.78 Å². The van der Waals surface area contributed by atoms with E-state index in [1.807, 2.05) is 19.1 Å². The molecule has 3 nitrogen and oxygen atoms in total. The van der Waals surface area contributed by atoms with Gasteiger partial charge in [0, 0.05) is 22.7 Å². The standard InChI is InChI=1S/C12H13ClN2O/c1-6-3-4-9-10(11(6)13)8(5-15-9)12(16)7(2)14/h3-5,7,15H,14H2,1-2H3. The molecule has 1 aromatic carbocycles. The Hall–Kier alpha value is -1.32. The Morgan fingerprint density at radius 3 is 2.81 bits per heavy atom. The summed E-state index contributed by atoms with van der Waals surface area (Å²) < 4.78 is 0. The van der Waals surface area contributed by atoms with Crippen LogP contribution < -0.4 is 5.73 Å². The Balaban J connectivity index is 2.72. The van der Waals surface area contributed by atoms with E-state index in [9.17, 15) is 4.79 Å². The molecule has 0 aliphatic rings. The van der Waals surface area contributed by atoms with Crippen LogP contribution in [0.3, 0.4) is 0 Å².